The first-order valence-corrected chi connectivity index (χ1v) is 6.09. The fourth-order valence-corrected chi connectivity index (χ4v) is 1.92. The van der Waals surface area contributed by atoms with Crippen molar-refractivity contribution >= 4 is 6.09 Å². The third-order valence-electron chi connectivity index (χ3n) is 2.79. The van der Waals surface area contributed by atoms with Crippen LogP contribution in [0.25, 0.3) is 0 Å². The van der Waals surface area contributed by atoms with Gasteiger partial charge in [-0.2, -0.15) is 0 Å². The number of carbonyl (C=O) groups is 1. The number of ether oxygens (including phenoxy) is 1. The van der Waals surface area contributed by atoms with Crippen LogP contribution in [-0.4, -0.2) is 30.8 Å². The van der Waals surface area contributed by atoms with Crippen LogP contribution in [0.3, 0.4) is 0 Å². The summed E-state index contributed by atoms with van der Waals surface area (Å²) >= 11 is 0. The van der Waals surface area contributed by atoms with Crippen LogP contribution in [0.2, 0.25) is 0 Å². The van der Waals surface area contributed by atoms with Gasteiger partial charge in [-0.15, -0.1) is 0 Å². The molecule has 0 aromatic rings. The molecular weight excluding hydrogens is 204 g/mol. The van der Waals surface area contributed by atoms with Gasteiger partial charge in [-0.1, -0.05) is 0 Å². The molecule has 2 unspecified atom stereocenters. The summed E-state index contributed by atoms with van der Waals surface area (Å²) in [6.45, 7) is 9.74. The molecule has 1 saturated heterocycles. The molecule has 16 heavy (non-hydrogen) atoms. The molecule has 0 bridgehead atoms. The van der Waals surface area contributed by atoms with Crippen molar-refractivity contribution in [3.63, 3.8) is 0 Å². The van der Waals surface area contributed by atoms with E-state index in [1.165, 1.54) is 12.8 Å². The molecule has 1 fully saturated rings. The van der Waals surface area contributed by atoms with Gasteiger partial charge in [-0.3, -0.25) is 0 Å². The molecule has 1 heterocycles. The molecule has 1 amide bonds. The van der Waals surface area contributed by atoms with Crippen LogP contribution in [0.15, 0.2) is 0 Å². The van der Waals surface area contributed by atoms with E-state index in [9.17, 15) is 4.79 Å². The summed E-state index contributed by atoms with van der Waals surface area (Å²) < 4.78 is 5.23. The molecule has 2 atom stereocenters. The molecule has 1 aliphatic rings. The van der Waals surface area contributed by atoms with Crippen LogP contribution in [0.4, 0.5) is 4.79 Å². The number of amides is 1. The predicted molar refractivity (Wildman–Crippen MR) is 64.4 cm³/mol. The maximum absolute atomic E-state index is 11.6. The zero-order valence-electron chi connectivity index (χ0n) is 10.8. The first kappa shape index (κ1) is 13.3. The van der Waals surface area contributed by atoms with Gasteiger partial charge in [0.1, 0.15) is 5.60 Å². The summed E-state index contributed by atoms with van der Waals surface area (Å²) in [6, 6.07) is 0.169. The lowest BCUT2D eigenvalue weighted by Gasteiger charge is -2.29. The molecule has 94 valence electrons. The molecule has 0 saturated carbocycles. The van der Waals surface area contributed by atoms with E-state index in [0.29, 0.717) is 5.92 Å². The topological polar surface area (TPSA) is 50.4 Å². The standard InChI is InChI=1S/C12H24N2O2/c1-9(10-6-5-7-13-8-10)14-11(15)16-12(2,3)4/h9-10,13H,5-8H2,1-4H3,(H,14,15). The zero-order chi connectivity index (χ0) is 12.2. The summed E-state index contributed by atoms with van der Waals surface area (Å²) in [5.41, 5.74) is -0.422. The molecule has 0 aliphatic carbocycles. The van der Waals surface area contributed by atoms with Gasteiger partial charge in [0.15, 0.2) is 0 Å². The highest BCUT2D eigenvalue weighted by molar-refractivity contribution is 5.68. The lowest BCUT2D eigenvalue weighted by molar-refractivity contribution is 0.0487. The van der Waals surface area contributed by atoms with Gasteiger partial charge in [0.2, 0.25) is 0 Å². The lowest BCUT2D eigenvalue weighted by atomic mass is 9.93. The Balaban J connectivity index is 2.32. The van der Waals surface area contributed by atoms with E-state index in [0.717, 1.165) is 13.1 Å². The number of carbonyl (C=O) groups excluding carboxylic acids is 1. The van der Waals surface area contributed by atoms with Crippen molar-refractivity contribution in [2.45, 2.75) is 52.2 Å². The molecule has 0 radical (unpaired) electrons. The van der Waals surface area contributed by atoms with Crippen LogP contribution in [0, 0.1) is 5.92 Å². The van der Waals surface area contributed by atoms with Crippen molar-refractivity contribution in [3.05, 3.63) is 0 Å². The fraction of sp³-hybridized carbons (Fsp3) is 0.917. The van der Waals surface area contributed by atoms with Gasteiger partial charge in [-0.05, 0) is 59.5 Å². The Kier molecular flexibility index (Phi) is 4.59. The average Bonchev–Trinajstić information content (AvgIpc) is 2.16. The minimum atomic E-state index is -0.422. The Morgan fingerprint density at radius 2 is 2.19 bits per heavy atom. The number of nitrogens with one attached hydrogen (secondary N) is 2. The zero-order valence-corrected chi connectivity index (χ0v) is 10.8. The van der Waals surface area contributed by atoms with Crippen molar-refractivity contribution in [1.82, 2.24) is 10.6 Å². The van der Waals surface area contributed by atoms with Crippen LogP contribution < -0.4 is 10.6 Å². The molecule has 0 aromatic heterocycles. The van der Waals surface area contributed by atoms with Crippen LogP contribution in [0.1, 0.15) is 40.5 Å². The lowest BCUT2D eigenvalue weighted by Crippen LogP contribution is -2.46. The third kappa shape index (κ3) is 4.84. The third-order valence-corrected chi connectivity index (χ3v) is 2.79. The van der Waals surface area contributed by atoms with Gasteiger partial charge in [-0.25, -0.2) is 4.79 Å². The molecule has 0 spiro atoms. The maximum atomic E-state index is 11.6. The summed E-state index contributed by atoms with van der Waals surface area (Å²) in [7, 11) is 0. The SMILES string of the molecule is CC(NC(=O)OC(C)(C)C)C1CCCNC1. The quantitative estimate of drug-likeness (QED) is 0.759. The maximum Gasteiger partial charge on any atom is 0.407 e. The summed E-state index contributed by atoms with van der Waals surface area (Å²) in [4.78, 5) is 11.6. The summed E-state index contributed by atoms with van der Waals surface area (Å²) in [5, 5.41) is 6.25. The molecule has 0 aromatic carbocycles. The molecule has 2 N–H and O–H groups in total. The number of rotatable bonds is 2. The minimum absolute atomic E-state index is 0.169. The summed E-state index contributed by atoms with van der Waals surface area (Å²) in [5.74, 6) is 0.515. The first-order valence-electron chi connectivity index (χ1n) is 6.09. The van der Waals surface area contributed by atoms with Gasteiger partial charge >= 0.3 is 6.09 Å². The largest absolute Gasteiger partial charge is 0.444 e. The first-order chi connectivity index (χ1) is 7.38. The Morgan fingerprint density at radius 1 is 1.50 bits per heavy atom. The van der Waals surface area contributed by atoms with E-state index in [-0.39, 0.29) is 12.1 Å². The Bertz CT molecular complexity index is 230. The van der Waals surface area contributed by atoms with E-state index in [1.54, 1.807) is 0 Å². The second-order valence-electron chi connectivity index (χ2n) is 5.54. The Hall–Kier alpha value is -0.770. The van der Waals surface area contributed by atoms with E-state index < -0.39 is 5.60 Å². The fourth-order valence-electron chi connectivity index (χ4n) is 1.92. The van der Waals surface area contributed by atoms with Crippen LogP contribution >= 0.6 is 0 Å². The normalized spacial score (nSPS) is 23.6. The molecule has 4 nitrogen and oxygen atoms in total. The van der Waals surface area contributed by atoms with E-state index in [2.05, 4.69) is 10.6 Å². The predicted octanol–water partition coefficient (Wildman–Crippen LogP) is 1.90. The van der Waals surface area contributed by atoms with Crippen molar-refractivity contribution < 1.29 is 9.53 Å². The molecule has 4 heteroatoms. The van der Waals surface area contributed by atoms with Gasteiger partial charge in [0.05, 0.1) is 0 Å². The molecule has 1 rings (SSSR count). The second kappa shape index (κ2) is 5.53. The van der Waals surface area contributed by atoms with Crippen LogP contribution in [-0.2, 0) is 4.74 Å². The number of alkyl carbamates (subject to hydrolysis) is 1. The van der Waals surface area contributed by atoms with E-state index in [1.807, 2.05) is 27.7 Å². The van der Waals surface area contributed by atoms with Crippen molar-refractivity contribution in [2.24, 2.45) is 5.92 Å². The smallest absolute Gasteiger partial charge is 0.407 e. The van der Waals surface area contributed by atoms with E-state index >= 15 is 0 Å². The van der Waals surface area contributed by atoms with Gasteiger partial charge in [0, 0.05) is 6.04 Å². The highest BCUT2D eigenvalue weighted by Crippen LogP contribution is 2.15. The average molecular weight is 228 g/mol. The number of hydrogen-bond donors (Lipinski definition) is 2. The van der Waals surface area contributed by atoms with E-state index in [4.69, 9.17) is 4.74 Å². The minimum Gasteiger partial charge on any atom is -0.444 e. The molecule has 1 aliphatic heterocycles. The Morgan fingerprint density at radius 3 is 2.69 bits per heavy atom. The van der Waals surface area contributed by atoms with Crippen molar-refractivity contribution in [3.8, 4) is 0 Å². The highest BCUT2D eigenvalue weighted by Gasteiger charge is 2.23. The number of piperidine rings is 1. The monoisotopic (exact) mass is 228 g/mol. The van der Waals surface area contributed by atoms with Crippen molar-refractivity contribution in [2.75, 3.05) is 13.1 Å². The summed E-state index contributed by atoms with van der Waals surface area (Å²) in [6.07, 6.45) is 2.04. The second-order valence-corrected chi connectivity index (χ2v) is 5.54. The van der Waals surface area contributed by atoms with Crippen molar-refractivity contribution in [1.29, 1.82) is 0 Å². The van der Waals surface area contributed by atoms with Crippen LogP contribution in [0.5, 0.6) is 0 Å². The highest BCUT2D eigenvalue weighted by atomic mass is 16.6. The number of hydrogen-bond acceptors (Lipinski definition) is 3. The Labute approximate surface area is 98.1 Å². The van der Waals surface area contributed by atoms with Gasteiger partial charge in [0.25, 0.3) is 0 Å². The van der Waals surface area contributed by atoms with Gasteiger partial charge < -0.3 is 15.4 Å². The molecular formula is C12H24N2O2.